The predicted octanol–water partition coefficient (Wildman–Crippen LogP) is 4.15. The molecule has 0 amide bonds. The van der Waals surface area contributed by atoms with Crippen LogP contribution in [-0.4, -0.2) is 33.3 Å². The van der Waals surface area contributed by atoms with Crippen LogP contribution in [0.25, 0.3) is 22.6 Å². The molecule has 0 N–H and O–H groups in total. The summed E-state index contributed by atoms with van der Waals surface area (Å²) in [4.78, 5) is 16.5. The van der Waals surface area contributed by atoms with Crippen LogP contribution >= 0.6 is 11.6 Å². The van der Waals surface area contributed by atoms with Gasteiger partial charge in [-0.2, -0.15) is 17.9 Å². The van der Waals surface area contributed by atoms with E-state index in [1.807, 2.05) is 0 Å². The van der Waals surface area contributed by atoms with Crippen LogP contribution in [0.1, 0.15) is 12.5 Å². The normalized spacial score (nSPS) is 12.4. The molecule has 0 saturated heterocycles. The van der Waals surface area contributed by atoms with Crippen molar-refractivity contribution in [3.8, 4) is 16.9 Å². The van der Waals surface area contributed by atoms with Crippen molar-refractivity contribution in [2.75, 3.05) is 5.75 Å². The summed E-state index contributed by atoms with van der Waals surface area (Å²) in [6.45, 7) is 1.37. The number of pyridine rings is 2. The summed E-state index contributed by atoms with van der Waals surface area (Å²) in [6.07, 6.45) is -2.93. The molecule has 0 aliphatic carbocycles. The monoisotopic (exact) mass is 500 g/mol. The fraction of sp³-hybridized carbons (Fsp3) is 0.150. The maximum Gasteiger partial charge on any atom is 0.417 e. The topological polar surface area (TPSA) is 86.3 Å². The molecule has 13 heteroatoms. The number of hydrogen-bond donors (Lipinski definition) is 0. The third kappa shape index (κ3) is 4.11. The largest absolute Gasteiger partial charge is 0.417 e. The number of halogens is 5. The molecular weight excluding hydrogens is 488 g/mol. The molecule has 1 aromatic carbocycles. The fourth-order valence-electron chi connectivity index (χ4n) is 3.09. The highest BCUT2D eigenvalue weighted by Gasteiger charge is 2.31. The van der Waals surface area contributed by atoms with Gasteiger partial charge in [0.1, 0.15) is 10.7 Å². The highest BCUT2D eigenvalue weighted by Crippen LogP contribution is 2.30. The van der Waals surface area contributed by atoms with Crippen LogP contribution in [0.2, 0.25) is 5.02 Å². The molecule has 4 rings (SSSR count). The Morgan fingerprint density at radius 2 is 1.82 bits per heavy atom. The molecule has 0 spiro atoms. The van der Waals surface area contributed by atoms with Gasteiger partial charge in [-0.3, -0.25) is 0 Å². The summed E-state index contributed by atoms with van der Waals surface area (Å²) in [5.74, 6) is -1.48. The minimum atomic E-state index is -4.69. The molecule has 0 radical (unpaired) electrons. The van der Waals surface area contributed by atoms with E-state index in [4.69, 9.17) is 11.6 Å². The molecule has 3 heterocycles. The number of hydrogen-bond acceptors (Lipinski definition) is 5. The Kier molecular flexibility index (Phi) is 5.53. The second kappa shape index (κ2) is 7.96. The first-order valence-electron chi connectivity index (χ1n) is 9.29. The van der Waals surface area contributed by atoms with Gasteiger partial charge >= 0.3 is 11.9 Å². The van der Waals surface area contributed by atoms with Gasteiger partial charge in [-0.1, -0.05) is 24.6 Å². The third-order valence-electron chi connectivity index (χ3n) is 4.85. The fourth-order valence-corrected chi connectivity index (χ4v) is 4.25. The third-order valence-corrected chi connectivity index (χ3v) is 6.88. The molecule has 0 bridgehead atoms. The van der Waals surface area contributed by atoms with Gasteiger partial charge in [-0.15, -0.1) is 5.10 Å². The van der Waals surface area contributed by atoms with Crippen molar-refractivity contribution in [2.45, 2.75) is 18.0 Å². The Morgan fingerprint density at radius 3 is 2.45 bits per heavy atom. The lowest BCUT2D eigenvalue weighted by Crippen LogP contribution is -2.23. The zero-order valence-corrected chi connectivity index (χ0v) is 18.2. The van der Waals surface area contributed by atoms with Crippen LogP contribution in [0.15, 0.2) is 58.5 Å². The van der Waals surface area contributed by atoms with E-state index in [0.717, 1.165) is 18.2 Å². The smallest absolute Gasteiger partial charge is 0.249 e. The van der Waals surface area contributed by atoms with Crippen LogP contribution in [-0.2, 0) is 16.0 Å². The molecule has 33 heavy (non-hydrogen) atoms. The first-order valence-corrected chi connectivity index (χ1v) is 11.3. The number of alkyl halides is 3. The van der Waals surface area contributed by atoms with E-state index in [1.165, 1.54) is 31.3 Å². The molecule has 0 aliphatic rings. The molecular formula is C20H13ClF4N4O3S. The molecule has 4 aromatic rings. The maximum atomic E-state index is 13.9. The van der Waals surface area contributed by atoms with E-state index < -0.39 is 38.9 Å². The van der Waals surface area contributed by atoms with Crippen LogP contribution in [0.5, 0.6) is 0 Å². The van der Waals surface area contributed by atoms with Gasteiger partial charge in [-0.25, -0.2) is 27.0 Å². The number of benzene rings is 1. The predicted molar refractivity (Wildman–Crippen MR) is 112 cm³/mol. The average Bonchev–Trinajstić information content (AvgIpc) is 3.10. The Bertz CT molecular complexity index is 1560. The van der Waals surface area contributed by atoms with Crippen molar-refractivity contribution in [2.24, 2.45) is 0 Å². The number of fused-ring (bicyclic) bond motifs is 1. The number of aromatic nitrogens is 4. The molecule has 0 fully saturated rings. The quantitative estimate of drug-likeness (QED) is 0.393. The molecule has 0 aliphatic heterocycles. The van der Waals surface area contributed by atoms with Crippen LogP contribution < -0.4 is 5.69 Å². The highest BCUT2D eigenvalue weighted by atomic mass is 35.5. The summed E-state index contributed by atoms with van der Waals surface area (Å²) in [6, 6.07) is 6.78. The molecule has 3 aromatic heterocycles. The minimum Gasteiger partial charge on any atom is -0.249 e. The van der Waals surface area contributed by atoms with Gasteiger partial charge in [0, 0.05) is 18.0 Å². The van der Waals surface area contributed by atoms with Crippen LogP contribution in [0.4, 0.5) is 17.6 Å². The van der Waals surface area contributed by atoms with Crippen molar-refractivity contribution in [3.05, 3.63) is 75.7 Å². The van der Waals surface area contributed by atoms with Gasteiger partial charge in [0.25, 0.3) is 0 Å². The van der Waals surface area contributed by atoms with Crippen molar-refractivity contribution in [1.82, 2.24) is 19.2 Å². The number of nitrogens with zero attached hydrogens (tertiary/aromatic N) is 4. The average molecular weight is 501 g/mol. The summed E-state index contributed by atoms with van der Waals surface area (Å²) in [5.41, 5.74) is -1.76. The Balaban J connectivity index is 1.95. The second-order valence-corrected chi connectivity index (χ2v) is 9.57. The summed E-state index contributed by atoms with van der Waals surface area (Å²) in [7, 11) is -3.98. The number of rotatable bonds is 4. The van der Waals surface area contributed by atoms with E-state index in [0.29, 0.717) is 15.3 Å². The van der Waals surface area contributed by atoms with E-state index in [1.54, 1.807) is 0 Å². The second-order valence-electron chi connectivity index (χ2n) is 6.92. The summed E-state index contributed by atoms with van der Waals surface area (Å²) < 4.78 is 79.8. The first-order chi connectivity index (χ1) is 15.4. The van der Waals surface area contributed by atoms with E-state index in [9.17, 15) is 30.8 Å². The van der Waals surface area contributed by atoms with Gasteiger partial charge in [0.05, 0.1) is 16.3 Å². The number of sulfone groups is 1. The lowest BCUT2D eigenvalue weighted by Gasteiger charge is -2.10. The van der Waals surface area contributed by atoms with Gasteiger partial charge in [0.2, 0.25) is 0 Å². The molecule has 0 atom stereocenters. The van der Waals surface area contributed by atoms with Crippen molar-refractivity contribution >= 4 is 27.1 Å². The van der Waals surface area contributed by atoms with Crippen molar-refractivity contribution < 1.29 is 26.0 Å². The zero-order valence-electron chi connectivity index (χ0n) is 16.6. The van der Waals surface area contributed by atoms with Crippen LogP contribution in [0.3, 0.4) is 0 Å². The van der Waals surface area contributed by atoms with Gasteiger partial charge in [-0.05, 0) is 35.9 Å². The van der Waals surface area contributed by atoms with Crippen molar-refractivity contribution in [3.63, 3.8) is 0 Å². The lowest BCUT2D eigenvalue weighted by atomic mass is 10.1. The molecule has 0 unspecified atom stereocenters. The summed E-state index contributed by atoms with van der Waals surface area (Å²) in [5, 5.41) is 3.81. The van der Waals surface area contributed by atoms with Crippen LogP contribution in [0, 0.1) is 5.82 Å². The maximum absolute atomic E-state index is 13.9. The minimum absolute atomic E-state index is 0.126. The van der Waals surface area contributed by atoms with Crippen molar-refractivity contribution in [1.29, 1.82) is 0 Å². The lowest BCUT2D eigenvalue weighted by molar-refractivity contribution is -0.137. The molecule has 172 valence electrons. The zero-order chi connectivity index (χ0) is 24.1. The Labute approximate surface area is 188 Å². The Hall–Kier alpha value is -3.25. The van der Waals surface area contributed by atoms with E-state index >= 15 is 0 Å². The van der Waals surface area contributed by atoms with E-state index in [-0.39, 0.29) is 32.4 Å². The SMILES string of the molecule is CCS(=O)(=O)c1cc(-c2ccc(Cl)c(F)c2)cnc1-n1nc2ccc(C(F)(F)F)cn2c1=O. The molecule has 0 saturated carbocycles. The Morgan fingerprint density at radius 1 is 1.09 bits per heavy atom. The summed E-state index contributed by atoms with van der Waals surface area (Å²) >= 11 is 5.69. The van der Waals surface area contributed by atoms with E-state index in [2.05, 4.69) is 10.1 Å². The van der Waals surface area contributed by atoms with Gasteiger partial charge in [0.15, 0.2) is 21.3 Å². The first kappa shape index (κ1) is 22.9. The van der Waals surface area contributed by atoms with Gasteiger partial charge < -0.3 is 0 Å². The molecule has 7 nitrogen and oxygen atoms in total. The highest BCUT2D eigenvalue weighted by molar-refractivity contribution is 7.91. The standard InChI is InChI=1S/C20H13ClF4N4O3S/c1-2-33(31,32)16-8-12(11-3-5-14(21)15(22)7-11)9-26-18(16)29-19(30)28-10-13(20(23,24)25)4-6-17(28)27-29/h3-10H,2H2,1H3.